The van der Waals surface area contributed by atoms with Crippen molar-refractivity contribution in [2.75, 3.05) is 34.4 Å². The zero-order valence-electron chi connectivity index (χ0n) is 11.9. The van der Waals surface area contributed by atoms with Crippen molar-refractivity contribution in [3.8, 4) is 5.75 Å². The minimum absolute atomic E-state index is 0.709. The normalized spacial score (nSPS) is 11.2. The summed E-state index contributed by atoms with van der Waals surface area (Å²) in [4.78, 5) is 4.17. The van der Waals surface area contributed by atoms with Crippen LogP contribution in [0.25, 0.3) is 0 Å². The van der Waals surface area contributed by atoms with E-state index in [1.54, 1.807) is 21.3 Å². The van der Waals surface area contributed by atoms with Crippen molar-refractivity contribution in [2.45, 2.75) is 13.0 Å². The van der Waals surface area contributed by atoms with Crippen LogP contribution in [0.5, 0.6) is 5.75 Å². The summed E-state index contributed by atoms with van der Waals surface area (Å²) in [5.41, 5.74) is 1.15. The van der Waals surface area contributed by atoms with Crippen LogP contribution in [0.4, 0.5) is 0 Å². The highest BCUT2D eigenvalue weighted by Crippen LogP contribution is 2.11. The van der Waals surface area contributed by atoms with E-state index in [4.69, 9.17) is 9.47 Å². The maximum atomic E-state index is 5.19. The van der Waals surface area contributed by atoms with Gasteiger partial charge in [0.05, 0.1) is 7.11 Å². The number of guanidine groups is 1. The molecule has 1 aromatic rings. The Labute approximate surface area is 115 Å². The Morgan fingerprint density at radius 1 is 1.26 bits per heavy atom. The molecule has 0 heterocycles. The SMILES string of the molecule is CN=C(NCCCOC)NCc1cccc(OC)c1. The van der Waals surface area contributed by atoms with Crippen LogP contribution in [-0.2, 0) is 11.3 Å². The summed E-state index contributed by atoms with van der Waals surface area (Å²) in [7, 11) is 5.13. The Hall–Kier alpha value is -1.75. The van der Waals surface area contributed by atoms with E-state index in [1.807, 2.05) is 24.3 Å². The van der Waals surface area contributed by atoms with Gasteiger partial charge >= 0.3 is 0 Å². The second-order valence-electron chi connectivity index (χ2n) is 4.05. The van der Waals surface area contributed by atoms with E-state index in [0.717, 1.165) is 36.8 Å². The number of benzene rings is 1. The van der Waals surface area contributed by atoms with Crippen molar-refractivity contribution < 1.29 is 9.47 Å². The third-order valence-electron chi connectivity index (χ3n) is 2.64. The molecule has 0 aliphatic heterocycles. The lowest BCUT2D eigenvalue weighted by Gasteiger charge is -2.12. The molecule has 0 aliphatic carbocycles. The van der Waals surface area contributed by atoms with E-state index >= 15 is 0 Å². The molecule has 0 fully saturated rings. The molecule has 0 atom stereocenters. The second-order valence-corrected chi connectivity index (χ2v) is 4.05. The number of hydrogen-bond acceptors (Lipinski definition) is 3. The summed E-state index contributed by atoms with van der Waals surface area (Å²) < 4.78 is 10.2. The molecule has 0 bridgehead atoms. The monoisotopic (exact) mass is 265 g/mol. The van der Waals surface area contributed by atoms with Crippen LogP contribution >= 0.6 is 0 Å². The third kappa shape index (κ3) is 6.10. The number of ether oxygens (including phenoxy) is 2. The summed E-state index contributed by atoms with van der Waals surface area (Å²) >= 11 is 0. The fourth-order valence-electron chi connectivity index (χ4n) is 1.61. The highest BCUT2D eigenvalue weighted by Gasteiger charge is 1.99. The molecule has 106 valence electrons. The van der Waals surface area contributed by atoms with Gasteiger partial charge in [-0.1, -0.05) is 12.1 Å². The van der Waals surface area contributed by atoms with Crippen LogP contribution in [0.15, 0.2) is 29.3 Å². The first-order valence-corrected chi connectivity index (χ1v) is 6.36. The Morgan fingerprint density at radius 2 is 2.11 bits per heavy atom. The zero-order chi connectivity index (χ0) is 13.9. The lowest BCUT2D eigenvalue weighted by molar-refractivity contribution is 0.195. The van der Waals surface area contributed by atoms with Crippen molar-refractivity contribution in [1.82, 2.24) is 10.6 Å². The maximum absolute atomic E-state index is 5.19. The molecule has 2 N–H and O–H groups in total. The van der Waals surface area contributed by atoms with E-state index in [0.29, 0.717) is 6.54 Å². The molecule has 0 radical (unpaired) electrons. The largest absolute Gasteiger partial charge is 0.497 e. The lowest BCUT2D eigenvalue weighted by Crippen LogP contribution is -2.37. The number of hydrogen-bond donors (Lipinski definition) is 2. The molecular weight excluding hydrogens is 242 g/mol. The van der Waals surface area contributed by atoms with Crippen LogP contribution in [0, 0.1) is 0 Å². The van der Waals surface area contributed by atoms with E-state index in [-0.39, 0.29) is 0 Å². The number of nitrogens with zero attached hydrogens (tertiary/aromatic N) is 1. The Morgan fingerprint density at radius 3 is 2.79 bits per heavy atom. The first kappa shape index (κ1) is 15.3. The predicted octanol–water partition coefficient (Wildman–Crippen LogP) is 1.40. The van der Waals surface area contributed by atoms with Crippen LogP contribution in [0.2, 0.25) is 0 Å². The Kier molecular flexibility index (Phi) is 7.43. The van der Waals surface area contributed by atoms with Gasteiger partial charge in [-0.25, -0.2) is 0 Å². The fraction of sp³-hybridized carbons (Fsp3) is 0.500. The van der Waals surface area contributed by atoms with Crippen molar-refractivity contribution in [3.05, 3.63) is 29.8 Å². The highest BCUT2D eigenvalue weighted by atomic mass is 16.5. The van der Waals surface area contributed by atoms with Gasteiger partial charge in [0.1, 0.15) is 5.75 Å². The molecule has 0 saturated carbocycles. The topological polar surface area (TPSA) is 54.9 Å². The standard InChI is InChI=1S/C14H23N3O2/c1-15-14(16-8-5-9-18-2)17-11-12-6-4-7-13(10-12)19-3/h4,6-7,10H,5,8-9,11H2,1-3H3,(H2,15,16,17). The minimum Gasteiger partial charge on any atom is -0.497 e. The van der Waals surface area contributed by atoms with E-state index in [9.17, 15) is 0 Å². The van der Waals surface area contributed by atoms with Crippen molar-refractivity contribution in [1.29, 1.82) is 0 Å². The smallest absolute Gasteiger partial charge is 0.191 e. The molecule has 1 rings (SSSR count). The Balaban J connectivity index is 2.36. The zero-order valence-corrected chi connectivity index (χ0v) is 11.9. The van der Waals surface area contributed by atoms with Gasteiger partial charge in [-0.2, -0.15) is 0 Å². The van der Waals surface area contributed by atoms with Crippen molar-refractivity contribution in [3.63, 3.8) is 0 Å². The fourth-order valence-corrected chi connectivity index (χ4v) is 1.61. The summed E-state index contributed by atoms with van der Waals surface area (Å²) in [6.45, 7) is 2.30. The first-order valence-electron chi connectivity index (χ1n) is 6.36. The van der Waals surface area contributed by atoms with Gasteiger partial charge in [0.25, 0.3) is 0 Å². The summed E-state index contributed by atoms with van der Waals surface area (Å²) in [5, 5.41) is 6.49. The average molecular weight is 265 g/mol. The van der Waals surface area contributed by atoms with E-state index < -0.39 is 0 Å². The molecular formula is C14H23N3O2. The number of rotatable bonds is 7. The maximum Gasteiger partial charge on any atom is 0.191 e. The lowest BCUT2D eigenvalue weighted by atomic mass is 10.2. The molecule has 19 heavy (non-hydrogen) atoms. The first-order chi connectivity index (χ1) is 9.30. The number of methoxy groups -OCH3 is 2. The van der Waals surface area contributed by atoms with Crippen LogP contribution in [0.1, 0.15) is 12.0 Å². The van der Waals surface area contributed by atoms with Gasteiger partial charge in [0.2, 0.25) is 0 Å². The van der Waals surface area contributed by atoms with Crippen molar-refractivity contribution in [2.24, 2.45) is 4.99 Å². The molecule has 1 aromatic carbocycles. The van der Waals surface area contributed by atoms with E-state index in [1.165, 1.54) is 0 Å². The Bertz CT molecular complexity index is 394. The van der Waals surface area contributed by atoms with Gasteiger partial charge in [0, 0.05) is 33.9 Å². The van der Waals surface area contributed by atoms with Crippen LogP contribution < -0.4 is 15.4 Å². The molecule has 0 unspecified atom stereocenters. The molecule has 0 amide bonds. The third-order valence-corrected chi connectivity index (χ3v) is 2.64. The van der Waals surface area contributed by atoms with Crippen molar-refractivity contribution >= 4 is 5.96 Å². The molecule has 0 aliphatic rings. The quantitative estimate of drug-likeness (QED) is 0.444. The molecule has 0 aromatic heterocycles. The highest BCUT2D eigenvalue weighted by molar-refractivity contribution is 5.79. The van der Waals surface area contributed by atoms with Gasteiger partial charge in [-0.05, 0) is 24.1 Å². The van der Waals surface area contributed by atoms with Gasteiger partial charge < -0.3 is 20.1 Å². The van der Waals surface area contributed by atoms with Gasteiger partial charge in [-0.3, -0.25) is 4.99 Å². The summed E-state index contributed by atoms with van der Waals surface area (Å²) in [5.74, 6) is 1.65. The summed E-state index contributed by atoms with van der Waals surface area (Å²) in [6.07, 6.45) is 0.955. The average Bonchev–Trinajstić information content (AvgIpc) is 2.47. The summed E-state index contributed by atoms with van der Waals surface area (Å²) in [6, 6.07) is 7.96. The molecule has 0 spiro atoms. The van der Waals surface area contributed by atoms with Gasteiger partial charge in [-0.15, -0.1) is 0 Å². The van der Waals surface area contributed by atoms with Crippen LogP contribution in [0.3, 0.4) is 0 Å². The number of aliphatic imine (C=N–C) groups is 1. The number of nitrogens with one attached hydrogen (secondary N) is 2. The molecule has 5 heteroatoms. The van der Waals surface area contributed by atoms with E-state index in [2.05, 4.69) is 15.6 Å². The molecule has 5 nitrogen and oxygen atoms in total. The molecule has 0 saturated heterocycles. The minimum atomic E-state index is 0.709. The van der Waals surface area contributed by atoms with Crippen LogP contribution in [-0.4, -0.2) is 40.4 Å². The second kappa shape index (κ2) is 9.22. The van der Waals surface area contributed by atoms with Gasteiger partial charge in [0.15, 0.2) is 5.96 Å². The predicted molar refractivity (Wildman–Crippen MR) is 77.7 cm³/mol.